The van der Waals surface area contributed by atoms with Crippen LogP contribution in [-0.4, -0.2) is 43.2 Å². The van der Waals surface area contributed by atoms with Gasteiger partial charge in [-0.3, -0.25) is 9.59 Å². The maximum absolute atomic E-state index is 13.1. The minimum atomic E-state index is -0.380. The average molecular weight is 415 g/mol. The van der Waals surface area contributed by atoms with Crippen molar-refractivity contribution in [3.05, 3.63) is 52.5 Å². The number of furan rings is 1. The molecule has 1 fully saturated rings. The van der Waals surface area contributed by atoms with Crippen LogP contribution in [0.15, 0.2) is 28.7 Å². The van der Waals surface area contributed by atoms with Crippen LogP contribution >= 0.6 is 0 Å². The minimum Gasteiger partial charge on any atom is -0.496 e. The first-order valence-electron chi connectivity index (χ1n) is 10.3. The molecule has 0 aliphatic heterocycles. The molecule has 7 nitrogen and oxygen atoms in total. The summed E-state index contributed by atoms with van der Waals surface area (Å²) in [5.74, 6) is 0.465. The third-order valence-corrected chi connectivity index (χ3v) is 5.80. The minimum absolute atomic E-state index is 0.00522. The molecule has 1 aliphatic carbocycles. The van der Waals surface area contributed by atoms with Gasteiger partial charge in [0.15, 0.2) is 5.76 Å². The Hall–Kier alpha value is -2.80. The van der Waals surface area contributed by atoms with Crippen molar-refractivity contribution in [2.24, 2.45) is 0 Å². The van der Waals surface area contributed by atoms with Gasteiger partial charge in [0.25, 0.3) is 11.8 Å². The number of benzene rings is 1. The lowest BCUT2D eigenvalue weighted by molar-refractivity contribution is 0.0864. The molecule has 2 amide bonds. The maximum atomic E-state index is 13.1. The first-order valence-corrected chi connectivity index (χ1v) is 10.3. The number of hydrogen-bond donors (Lipinski definition) is 3. The SMILES string of the molecule is CNC(=O)c1cc(C(=O)NC2CCC(O)CC2)c(C(C)c2ccc(OC)c(C)c2)o1. The second-order valence-electron chi connectivity index (χ2n) is 7.90. The molecular formula is C23H30N2O5. The van der Waals surface area contributed by atoms with Crippen LogP contribution in [0.2, 0.25) is 0 Å². The molecule has 2 aromatic rings. The van der Waals surface area contributed by atoms with Crippen LogP contribution in [0.1, 0.15) is 76.3 Å². The summed E-state index contributed by atoms with van der Waals surface area (Å²) in [7, 11) is 3.15. The Morgan fingerprint density at radius 2 is 1.87 bits per heavy atom. The fourth-order valence-electron chi connectivity index (χ4n) is 3.94. The van der Waals surface area contributed by atoms with Crippen molar-refractivity contribution in [3.8, 4) is 5.75 Å². The maximum Gasteiger partial charge on any atom is 0.286 e. The Kier molecular flexibility index (Phi) is 6.82. The number of methoxy groups -OCH3 is 1. The van der Waals surface area contributed by atoms with Gasteiger partial charge in [0.2, 0.25) is 0 Å². The summed E-state index contributed by atoms with van der Waals surface area (Å²) in [6.07, 6.45) is 2.52. The van der Waals surface area contributed by atoms with E-state index in [1.807, 2.05) is 32.0 Å². The van der Waals surface area contributed by atoms with Gasteiger partial charge in [-0.05, 0) is 49.8 Å². The Morgan fingerprint density at radius 3 is 2.47 bits per heavy atom. The molecule has 3 N–H and O–H groups in total. The Morgan fingerprint density at radius 1 is 1.17 bits per heavy atom. The summed E-state index contributed by atoms with van der Waals surface area (Å²) >= 11 is 0. The van der Waals surface area contributed by atoms with E-state index in [2.05, 4.69) is 10.6 Å². The van der Waals surface area contributed by atoms with Crippen LogP contribution in [0, 0.1) is 6.92 Å². The van der Waals surface area contributed by atoms with Gasteiger partial charge in [-0.15, -0.1) is 0 Å². The lowest BCUT2D eigenvalue weighted by Crippen LogP contribution is -2.38. The summed E-state index contributed by atoms with van der Waals surface area (Å²) in [5.41, 5.74) is 2.30. The molecule has 1 aromatic heterocycles. The van der Waals surface area contributed by atoms with E-state index in [4.69, 9.17) is 9.15 Å². The number of aliphatic hydroxyl groups is 1. The first kappa shape index (κ1) is 21.9. The van der Waals surface area contributed by atoms with E-state index < -0.39 is 0 Å². The molecule has 0 saturated heterocycles. The molecule has 0 radical (unpaired) electrons. The molecule has 1 aliphatic rings. The van der Waals surface area contributed by atoms with Crippen LogP contribution in [0.5, 0.6) is 5.75 Å². The third kappa shape index (κ3) is 4.67. The normalized spacial score (nSPS) is 19.8. The molecule has 0 spiro atoms. The molecule has 1 heterocycles. The lowest BCUT2D eigenvalue weighted by Gasteiger charge is -2.26. The average Bonchev–Trinajstić information content (AvgIpc) is 3.20. The molecule has 0 bridgehead atoms. The molecule has 3 rings (SSSR count). The van der Waals surface area contributed by atoms with Gasteiger partial charge in [-0.2, -0.15) is 0 Å². The van der Waals surface area contributed by atoms with E-state index in [0.29, 0.717) is 24.2 Å². The highest BCUT2D eigenvalue weighted by molar-refractivity contribution is 5.99. The van der Waals surface area contributed by atoms with Gasteiger partial charge in [0.1, 0.15) is 11.5 Å². The van der Waals surface area contributed by atoms with Gasteiger partial charge in [-0.1, -0.05) is 19.1 Å². The van der Waals surface area contributed by atoms with Crippen molar-refractivity contribution in [2.45, 2.75) is 57.6 Å². The quantitative estimate of drug-likeness (QED) is 0.674. The predicted molar refractivity (Wildman–Crippen MR) is 113 cm³/mol. The summed E-state index contributed by atoms with van der Waals surface area (Å²) in [6.45, 7) is 3.90. The lowest BCUT2D eigenvalue weighted by atomic mass is 9.92. The molecule has 1 atom stereocenters. The van der Waals surface area contributed by atoms with Crippen LogP contribution in [0.4, 0.5) is 0 Å². The first-order chi connectivity index (χ1) is 14.3. The Bertz CT molecular complexity index is 912. The smallest absolute Gasteiger partial charge is 0.286 e. The van der Waals surface area contributed by atoms with Crippen molar-refractivity contribution in [3.63, 3.8) is 0 Å². The number of hydrogen-bond acceptors (Lipinski definition) is 5. The molecule has 7 heteroatoms. The zero-order chi connectivity index (χ0) is 21.8. The van der Waals surface area contributed by atoms with Gasteiger partial charge < -0.3 is 24.9 Å². The van der Waals surface area contributed by atoms with Crippen LogP contribution in [-0.2, 0) is 0 Å². The van der Waals surface area contributed by atoms with Crippen molar-refractivity contribution in [2.75, 3.05) is 14.2 Å². The van der Waals surface area contributed by atoms with Crippen molar-refractivity contribution in [1.82, 2.24) is 10.6 Å². The molecule has 1 saturated carbocycles. The zero-order valence-electron chi connectivity index (χ0n) is 18.0. The molecule has 162 valence electrons. The molecular weight excluding hydrogens is 384 g/mol. The zero-order valence-corrected chi connectivity index (χ0v) is 18.0. The van der Waals surface area contributed by atoms with Crippen LogP contribution < -0.4 is 15.4 Å². The fraction of sp³-hybridized carbons (Fsp3) is 0.478. The van der Waals surface area contributed by atoms with E-state index in [1.54, 1.807) is 7.11 Å². The van der Waals surface area contributed by atoms with Gasteiger partial charge in [-0.25, -0.2) is 0 Å². The molecule has 1 aromatic carbocycles. The molecule has 1 unspecified atom stereocenters. The number of carbonyl (C=O) groups is 2. The second kappa shape index (κ2) is 9.34. The van der Waals surface area contributed by atoms with Crippen LogP contribution in [0.25, 0.3) is 0 Å². The van der Waals surface area contributed by atoms with Crippen LogP contribution in [0.3, 0.4) is 0 Å². The summed E-state index contributed by atoms with van der Waals surface area (Å²) in [4.78, 5) is 25.2. The third-order valence-electron chi connectivity index (χ3n) is 5.80. The van der Waals surface area contributed by atoms with Crippen molar-refractivity contribution in [1.29, 1.82) is 0 Å². The largest absolute Gasteiger partial charge is 0.496 e. The van der Waals surface area contributed by atoms with E-state index in [0.717, 1.165) is 29.7 Å². The predicted octanol–water partition coefficient (Wildman–Crippen LogP) is 3.14. The number of nitrogens with one attached hydrogen (secondary N) is 2. The standard InChI is InChI=1S/C23H30N2O5/c1-13-11-15(5-10-19(13)29-4)14(2)21-18(12-20(30-21)23(28)24-3)22(27)25-16-6-8-17(26)9-7-16/h5,10-12,14,16-17,26H,6-9H2,1-4H3,(H,24,28)(H,25,27). The van der Waals surface area contributed by atoms with Gasteiger partial charge in [0, 0.05) is 25.1 Å². The monoisotopic (exact) mass is 414 g/mol. The summed E-state index contributed by atoms with van der Waals surface area (Å²) < 4.78 is 11.2. The highest BCUT2D eigenvalue weighted by atomic mass is 16.5. The van der Waals surface area contributed by atoms with E-state index in [-0.39, 0.29) is 35.6 Å². The highest BCUT2D eigenvalue weighted by Crippen LogP contribution is 2.32. The molecule has 30 heavy (non-hydrogen) atoms. The second-order valence-corrected chi connectivity index (χ2v) is 7.90. The number of aliphatic hydroxyl groups excluding tert-OH is 1. The number of ether oxygens (including phenoxy) is 1. The van der Waals surface area contributed by atoms with Gasteiger partial charge in [0.05, 0.1) is 18.8 Å². The highest BCUT2D eigenvalue weighted by Gasteiger charge is 2.28. The number of amides is 2. The van der Waals surface area contributed by atoms with E-state index >= 15 is 0 Å². The number of rotatable bonds is 6. The van der Waals surface area contributed by atoms with E-state index in [9.17, 15) is 14.7 Å². The summed E-state index contributed by atoms with van der Waals surface area (Å²) in [6, 6.07) is 7.33. The van der Waals surface area contributed by atoms with Crippen molar-refractivity contribution < 1.29 is 23.8 Å². The van der Waals surface area contributed by atoms with E-state index in [1.165, 1.54) is 13.1 Å². The number of aryl methyl sites for hydroxylation is 1. The Labute approximate surface area is 176 Å². The Balaban J connectivity index is 1.90. The fourth-order valence-corrected chi connectivity index (χ4v) is 3.94. The summed E-state index contributed by atoms with van der Waals surface area (Å²) in [5, 5.41) is 15.3. The van der Waals surface area contributed by atoms with Gasteiger partial charge >= 0.3 is 0 Å². The topological polar surface area (TPSA) is 101 Å². The number of carbonyl (C=O) groups excluding carboxylic acids is 2. The van der Waals surface area contributed by atoms with Crippen molar-refractivity contribution >= 4 is 11.8 Å².